The number of rotatable bonds is 3. The molecule has 6 heteroatoms. The summed E-state index contributed by atoms with van der Waals surface area (Å²) in [4.78, 5) is 15.1. The van der Waals surface area contributed by atoms with Gasteiger partial charge in [0, 0.05) is 31.9 Å². The highest BCUT2D eigenvalue weighted by molar-refractivity contribution is 9.10. The van der Waals surface area contributed by atoms with E-state index in [-0.39, 0.29) is 5.91 Å². The van der Waals surface area contributed by atoms with Gasteiger partial charge in [-0.3, -0.25) is 4.79 Å². The smallest absolute Gasteiger partial charge is 0.256 e. The molecule has 0 saturated carbocycles. The molecule has 1 heterocycles. The van der Waals surface area contributed by atoms with E-state index in [4.69, 9.17) is 5.73 Å². The number of carbonyl (C=O) groups excluding carboxylic acids is 1. The van der Waals surface area contributed by atoms with Crippen LogP contribution < -0.4 is 5.73 Å². The fourth-order valence-corrected chi connectivity index (χ4v) is 3.53. The first kappa shape index (κ1) is 14.6. The Hall–Kier alpha value is -0.850. The van der Waals surface area contributed by atoms with Crippen molar-refractivity contribution in [3.63, 3.8) is 0 Å². The van der Waals surface area contributed by atoms with Gasteiger partial charge < -0.3 is 10.6 Å². The van der Waals surface area contributed by atoms with Crippen molar-refractivity contribution in [2.45, 2.75) is 6.54 Å². The van der Waals surface area contributed by atoms with Crippen molar-refractivity contribution >= 4 is 54.8 Å². The number of thiophene rings is 1. The summed E-state index contributed by atoms with van der Waals surface area (Å²) < 4.78 is 1.88. The second-order valence-corrected chi connectivity index (χ2v) is 6.95. The van der Waals surface area contributed by atoms with E-state index in [2.05, 4.69) is 31.9 Å². The first-order chi connectivity index (χ1) is 8.97. The SMILES string of the molecule is CN(Cc1cc(Br)cs1)C(=O)c1cc(Br)ccc1N. The van der Waals surface area contributed by atoms with Crippen molar-refractivity contribution in [3.8, 4) is 0 Å². The zero-order valence-electron chi connectivity index (χ0n) is 10.2. The first-order valence-corrected chi connectivity index (χ1v) is 7.97. The minimum absolute atomic E-state index is 0.0803. The van der Waals surface area contributed by atoms with E-state index in [0.717, 1.165) is 13.8 Å². The molecule has 0 unspecified atom stereocenters. The lowest BCUT2D eigenvalue weighted by molar-refractivity contribution is 0.0787. The molecular formula is C13H12Br2N2OS. The first-order valence-electron chi connectivity index (χ1n) is 5.51. The van der Waals surface area contributed by atoms with Crippen LogP contribution in [0.4, 0.5) is 5.69 Å². The number of benzene rings is 1. The summed E-state index contributed by atoms with van der Waals surface area (Å²) in [7, 11) is 1.77. The maximum Gasteiger partial charge on any atom is 0.256 e. The molecule has 0 saturated heterocycles. The summed E-state index contributed by atoms with van der Waals surface area (Å²) in [5.41, 5.74) is 6.87. The van der Waals surface area contributed by atoms with Gasteiger partial charge in [-0.2, -0.15) is 0 Å². The molecule has 0 atom stereocenters. The lowest BCUT2D eigenvalue weighted by Gasteiger charge is -2.17. The minimum atomic E-state index is -0.0803. The van der Waals surface area contributed by atoms with Crippen LogP contribution in [0.3, 0.4) is 0 Å². The molecule has 3 nitrogen and oxygen atoms in total. The monoisotopic (exact) mass is 402 g/mol. The van der Waals surface area contributed by atoms with E-state index in [1.807, 2.05) is 17.5 Å². The van der Waals surface area contributed by atoms with Crippen LogP contribution in [-0.2, 0) is 6.54 Å². The summed E-state index contributed by atoms with van der Waals surface area (Å²) in [6.45, 7) is 0.570. The third-order valence-electron chi connectivity index (χ3n) is 2.61. The maximum absolute atomic E-state index is 12.3. The molecule has 0 fully saturated rings. The van der Waals surface area contributed by atoms with Crippen molar-refractivity contribution in [2.75, 3.05) is 12.8 Å². The van der Waals surface area contributed by atoms with Crippen LogP contribution in [0.15, 0.2) is 38.6 Å². The van der Waals surface area contributed by atoms with Crippen molar-refractivity contribution in [1.82, 2.24) is 4.90 Å². The summed E-state index contributed by atoms with van der Waals surface area (Å²) in [5, 5.41) is 2.00. The number of hydrogen-bond donors (Lipinski definition) is 1. The molecule has 0 spiro atoms. The second-order valence-electron chi connectivity index (χ2n) is 4.12. The molecule has 1 aromatic heterocycles. The molecule has 19 heavy (non-hydrogen) atoms. The normalized spacial score (nSPS) is 10.5. The van der Waals surface area contributed by atoms with E-state index in [1.54, 1.807) is 35.4 Å². The van der Waals surface area contributed by atoms with E-state index in [0.29, 0.717) is 17.8 Å². The molecule has 2 rings (SSSR count). The van der Waals surface area contributed by atoms with Gasteiger partial charge in [0.05, 0.1) is 12.1 Å². The highest BCUT2D eigenvalue weighted by Gasteiger charge is 2.16. The summed E-state index contributed by atoms with van der Waals surface area (Å²) in [6, 6.07) is 7.31. The summed E-state index contributed by atoms with van der Waals surface area (Å²) in [6.07, 6.45) is 0. The maximum atomic E-state index is 12.3. The van der Waals surface area contributed by atoms with Crippen LogP contribution in [0.1, 0.15) is 15.2 Å². The van der Waals surface area contributed by atoms with Gasteiger partial charge in [-0.25, -0.2) is 0 Å². The molecule has 1 amide bonds. The lowest BCUT2D eigenvalue weighted by Crippen LogP contribution is -2.26. The number of carbonyl (C=O) groups is 1. The van der Waals surface area contributed by atoms with Gasteiger partial charge in [-0.05, 0) is 40.2 Å². The number of amides is 1. The Balaban J connectivity index is 2.16. The average molecular weight is 404 g/mol. The van der Waals surface area contributed by atoms with Gasteiger partial charge >= 0.3 is 0 Å². The van der Waals surface area contributed by atoms with Crippen LogP contribution in [0.25, 0.3) is 0 Å². The molecule has 0 aliphatic rings. The molecule has 100 valence electrons. The molecule has 0 aliphatic carbocycles. The highest BCUT2D eigenvalue weighted by atomic mass is 79.9. The lowest BCUT2D eigenvalue weighted by atomic mass is 10.1. The van der Waals surface area contributed by atoms with Gasteiger partial charge in [0.25, 0.3) is 5.91 Å². The molecule has 0 aliphatic heterocycles. The summed E-state index contributed by atoms with van der Waals surface area (Å²) >= 11 is 8.38. The molecule has 0 radical (unpaired) electrons. The molecule has 2 aromatic rings. The van der Waals surface area contributed by atoms with E-state index >= 15 is 0 Å². The van der Waals surface area contributed by atoms with Crippen molar-refractivity contribution in [2.24, 2.45) is 0 Å². The molecular weight excluding hydrogens is 392 g/mol. The third-order valence-corrected chi connectivity index (χ3v) is 4.78. The zero-order valence-corrected chi connectivity index (χ0v) is 14.2. The van der Waals surface area contributed by atoms with E-state index in [9.17, 15) is 4.79 Å². The van der Waals surface area contributed by atoms with Gasteiger partial charge in [-0.15, -0.1) is 11.3 Å². The Kier molecular flexibility index (Phi) is 4.65. The van der Waals surface area contributed by atoms with Crippen LogP contribution in [0, 0.1) is 0 Å². The van der Waals surface area contributed by atoms with Gasteiger partial charge in [0.15, 0.2) is 0 Å². The van der Waals surface area contributed by atoms with Crippen molar-refractivity contribution in [3.05, 3.63) is 49.0 Å². The predicted octanol–water partition coefficient (Wildman–Crippen LogP) is 4.13. The fraction of sp³-hybridized carbons (Fsp3) is 0.154. The van der Waals surface area contributed by atoms with Crippen molar-refractivity contribution < 1.29 is 4.79 Å². The van der Waals surface area contributed by atoms with Crippen LogP contribution in [0.2, 0.25) is 0 Å². The third kappa shape index (κ3) is 3.58. The number of hydrogen-bond acceptors (Lipinski definition) is 3. The minimum Gasteiger partial charge on any atom is -0.398 e. The average Bonchev–Trinajstić information content (AvgIpc) is 2.77. The topological polar surface area (TPSA) is 46.3 Å². The second kappa shape index (κ2) is 6.07. The Labute approximate surface area is 132 Å². The number of nitrogens with two attached hydrogens (primary N) is 1. The molecule has 1 aromatic carbocycles. The van der Waals surface area contributed by atoms with Crippen LogP contribution in [-0.4, -0.2) is 17.9 Å². The number of nitrogen functional groups attached to an aromatic ring is 1. The standard InChI is InChI=1S/C13H12Br2N2OS/c1-17(6-10-4-9(15)7-19-10)13(18)11-5-8(14)2-3-12(11)16/h2-5,7H,6,16H2,1H3. The number of anilines is 1. The Bertz CT molecular complexity index is 612. The Morgan fingerprint density at radius 1 is 1.32 bits per heavy atom. The number of nitrogens with zero attached hydrogens (tertiary/aromatic N) is 1. The molecule has 2 N–H and O–H groups in total. The van der Waals surface area contributed by atoms with Gasteiger partial charge in [-0.1, -0.05) is 15.9 Å². The van der Waals surface area contributed by atoms with E-state index < -0.39 is 0 Å². The fourth-order valence-electron chi connectivity index (χ4n) is 1.66. The zero-order chi connectivity index (χ0) is 14.0. The molecule has 0 bridgehead atoms. The summed E-state index contributed by atoms with van der Waals surface area (Å²) in [5.74, 6) is -0.0803. The van der Waals surface area contributed by atoms with Gasteiger partial charge in [0.2, 0.25) is 0 Å². The van der Waals surface area contributed by atoms with Crippen molar-refractivity contribution in [1.29, 1.82) is 0 Å². The largest absolute Gasteiger partial charge is 0.398 e. The van der Waals surface area contributed by atoms with Gasteiger partial charge in [0.1, 0.15) is 0 Å². The quantitative estimate of drug-likeness (QED) is 0.783. The Morgan fingerprint density at radius 2 is 2.05 bits per heavy atom. The Morgan fingerprint density at radius 3 is 2.68 bits per heavy atom. The predicted molar refractivity (Wildman–Crippen MR) is 86.4 cm³/mol. The van der Waals surface area contributed by atoms with Crippen LogP contribution >= 0.6 is 43.2 Å². The van der Waals surface area contributed by atoms with Crippen LogP contribution in [0.5, 0.6) is 0 Å². The van der Waals surface area contributed by atoms with E-state index in [1.165, 1.54) is 0 Å². The highest BCUT2D eigenvalue weighted by Crippen LogP contribution is 2.23. The number of halogens is 2.